The SMILES string of the molecule is O=C1NCCN(C(=O)c2cc(C(F)(F)F)[nH]n2)CC1Cc1ccc(-c2cccnc2)cc1. The van der Waals surface area contributed by atoms with Crippen molar-refractivity contribution in [2.75, 3.05) is 19.6 Å². The molecule has 1 aliphatic heterocycles. The molecule has 4 rings (SSSR count). The topological polar surface area (TPSA) is 91.0 Å². The Morgan fingerprint density at radius 2 is 1.94 bits per heavy atom. The van der Waals surface area contributed by atoms with Crippen LogP contribution in [0.15, 0.2) is 54.9 Å². The highest BCUT2D eigenvalue weighted by Gasteiger charge is 2.35. The number of aromatic amines is 1. The van der Waals surface area contributed by atoms with E-state index in [0.29, 0.717) is 12.5 Å². The van der Waals surface area contributed by atoms with Crippen molar-refractivity contribution < 1.29 is 22.8 Å². The number of benzene rings is 1. The predicted molar refractivity (Wildman–Crippen MR) is 109 cm³/mol. The second-order valence-corrected chi connectivity index (χ2v) is 7.55. The van der Waals surface area contributed by atoms with Crippen molar-refractivity contribution in [3.63, 3.8) is 0 Å². The molecular formula is C22H20F3N5O2. The monoisotopic (exact) mass is 443 g/mol. The minimum atomic E-state index is -4.62. The number of hydrogen-bond acceptors (Lipinski definition) is 4. The van der Waals surface area contributed by atoms with Crippen LogP contribution in [0.25, 0.3) is 11.1 Å². The minimum Gasteiger partial charge on any atom is -0.354 e. The first kappa shape index (κ1) is 21.5. The maximum atomic E-state index is 12.8. The molecule has 0 bridgehead atoms. The molecule has 1 aromatic carbocycles. The van der Waals surface area contributed by atoms with Crippen LogP contribution in [0, 0.1) is 5.92 Å². The molecule has 0 spiro atoms. The van der Waals surface area contributed by atoms with Gasteiger partial charge in [0.05, 0.1) is 5.92 Å². The van der Waals surface area contributed by atoms with E-state index in [1.165, 1.54) is 4.90 Å². The van der Waals surface area contributed by atoms with Gasteiger partial charge in [-0.15, -0.1) is 0 Å². The molecule has 1 unspecified atom stereocenters. The molecule has 32 heavy (non-hydrogen) atoms. The standard InChI is InChI=1S/C22H20F3N5O2/c23-22(24,25)19-11-18(28-29-19)21(32)30-9-8-27-20(31)17(13-30)10-14-3-5-15(6-4-14)16-2-1-7-26-12-16/h1-7,11-12,17H,8-10,13H2,(H,27,31)(H,28,29). The zero-order valence-electron chi connectivity index (χ0n) is 16.9. The van der Waals surface area contributed by atoms with E-state index in [-0.39, 0.29) is 31.2 Å². The molecule has 0 saturated carbocycles. The average molecular weight is 443 g/mol. The van der Waals surface area contributed by atoms with Crippen molar-refractivity contribution in [2.45, 2.75) is 12.6 Å². The molecule has 1 aliphatic rings. The molecule has 0 aliphatic carbocycles. The number of rotatable bonds is 4. The highest BCUT2D eigenvalue weighted by Crippen LogP contribution is 2.28. The second kappa shape index (κ2) is 8.81. The number of hydrogen-bond donors (Lipinski definition) is 2. The normalized spacial score (nSPS) is 17.0. The molecule has 10 heteroatoms. The van der Waals surface area contributed by atoms with Crippen molar-refractivity contribution in [3.8, 4) is 11.1 Å². The van der Waals surface area contributed by atoms with Gasteiger partial charge in [0, 0.05) is 38.1 Å². The average Bonchev–Trinajstić information content (AvgIpc) is 3.22. The number of halogens is 3. The van der Waals surface area contributed by atoms with Crippen LogP contribution in [0.1, 0.15) is 21.7 Å². The zero-order chi connectivity index (χ0) is 22.7. The molecule has 1 fully saturated rings. The van der Waals surface area contributed by atoms with E-state index in [2.05, 4.69) is 15.4 Å². The Morgan fingerprint density at radius 1 is 1.16 bits per heavy atom. The number of carbonyl (C=O) groups excluding carboxylic acids is 2. The highest BCUT2D eigenvalue weighted by molar-refractivity contribution is 5.93. The molecule has 2 N–H and O–H groups in total. The van der Waals surface area contributed by atoms with Gasteiger partial charge in [-0.1, -0.05) is 30.3 Å². The number of amides is 2. The predicted octanol–water partition coefficient (Wildman–Crippen LogP) is 2.92. The summed E-state index contributed by atoms with van der Waals surface area (Å²) in [6.45, 7) is 0.496. The van der Waals surface area contributed by atoms with Crippen LogP contribution in [0.5, 0.6) is 0 Å². The summed E-state index contributed by atoms with van der Waals surface area (Å²) in [5.74, 6) is -1.38. The molecule has 7 nitrogen and oxygen atoms in total. The Kier molecular flexibility index (Phi) is 5.93. The van der Waals surface area contributed by atoms with Gasteiger partial charge in [0.15, 0.2) is 5.69 Å². The lowest BCUT2D eigenvalue weighted by atomic mass is 9.96. The van der Waals surface area contributed by atoms with Crippen molar-refractivity contribution in [3.05, 3.63) is 71.8 Å². The van der Waals surface area contributed by atoms with Crippen LogP contribution in [-0.2, 0) is 17.4 Å². The third-order valence-electron chi connectivity index (χ3n) is 5.31. The molecule has 0 radical (unpaired) electrons. The lowest BCUT2D eigenvalue weighted by Crippen LogP contribution is -2.37. The maximum Gasteiger partial charge on any atom is 0.432 e. The lowest BCUT2D eigenvalue weighted by molar-refractivity contribution is -0.141. The van der Waals surface area contributed by atoms with Gasteiger partial charge >= 0.3 is 6.18 Å². The minimum absolute atomic E-state index is 0.0865. The number of nitrogens with one attached hydrogen (secondary N) is 2. The van der Waals surface area contributed by atoms with E-state index >= 15 is 0 Å². The Morgan fingerprint density at radius 3 is 2.59 bits per heavy atom. The summed E-state index contributed by atoms with van der Waals surface area (Å²) in [7, 11) is 0. The van der Waals surface area contributed by atoms with Crippen molar-refractivity contribution in [2.24, 2.45) is 5.92 Å². The van der Waals surface area contributed by atoms with Gasteiger partial charge in [-0.2, -0.15) is 18.3 Å². The van der Waals surface area contributed by atoms with Crippen molar-refractivity contribution in [1.29, 1.82) is 0 Å². The van der Waals surface area contributed by atoms with E-state index in [1.54, 1.807) is 12.4 Å². The van der Waals surface area contributed by atoms with Crippen LogP contribution in [0.3, 0.4) is 0 Å². The number of alkyl halides is 3. The Bertz CT molecular complexity index is 1100. The number of nitrogens with zero attached hydrogens (tertiary/aromatic N) is 3. The fourth-order valence-corrected chi connectivity index (χ4v) is 3.63. The summed E-state index contributed by atoms with van der Waals surface area (Å²) < 4.78 is 38.4. The third-order valence-corrected chi connectivity index (χ3v) is 5.31. The van der Waals surface area contributed by atoms with Crippen LogP contribution in [0.2, 0.25) is 0 Å². The van der Waals surface area contributed by atoms with Crippen LogP contribution >= 0.6 is 0 Å². The molecular weight excluding hydrogens is 423 g/mol. The third kappa shape index (κ3) is 4.79. The van der Waals surface area contributed by atoms with E-state index in [9.17, 15) is 22.8 Å². The smallest absolute Gasteiger partial charge is 0.354 e. The Hall–Kier alpha value is -3.69. The molecule has 1 saturated heterocycles. The van der Waals surface area contributed by atoms with Gasteiger partial charge in [-0.3, -0.25) is 19.7 Å². The number of pyridine rings is 1. The van der Waals surface area contributed by atoms with Crippen LogP contribution < -0.4 is 5.32 Å². The number of aromatic nitrogens is 3. The molecule has 3 aromatic rings. The molecule has 2 amide bonds. The molecule has 2 aromatic heterocycles. The summed E-state index contributed by atoms with van der Waals surface area (Å²) in [6.07, 6.45) is -0.775. The van der Waals surface area contributed by atoms with Gasteiger partial charge in [-0.25, -0.2) is 0 Å². The first-order chi connectivity index (χ1) is 15.3. The maximum absolute atomic E-state index is 12.8. The lowest BCUT2D eigenvalue weighted by Gasteiger charge is -2.22. The fourth-order valence-electron chi connectivity index (χ4n) is 3.63. The van der Waals surface area contributed by atoms with E-state index in [0.717, 1.165) is 16.7 Å². The number of H-pyrrole nitrogens is 1. The number of carbonyl (C=O) groups is 2. The highest BCUT2D eigenvalue weighted by atomic mass is 19.4. The summed E-state index contributed by atoms with van der Waals surface area (Å²) >= 11 is 0. The molecule has 166 valence electrons. The zero-order valence-corrected chi connectivity index (χ0v) is 16.9. The van der Waals surface area contributed by atoms with Gasteiger partial charge in [0.2, 0.25) is 5.91 Å². The molecule has 3 heterocycles. The van der Waals surface area contributed by atoms with E-state index < -0.39 is 23.7 Å². The Labute approximate surface area is 181 Å². The van der Waals surface area contributed by atoms with Gasteiger partial charge in [0.1, 0.15) is 5.69 Å². The van der Waals surface area contributed by atoms with Crippen LogP contribution in [-0.4, -0.2) is 51.5 Å². The van der Waals surface area contributed by atoms with Crippen molar-refractivity contribution >= 4 is 11.8 Å². The van der Waals surface area contributed by atoms with Crippen molar-refractivity contribution in [1.82, 2.24) is 25.4 Å². The summed E-state index contributed by atoms with van der Waals surface area (Å²) in [6, 6.07) is 12.2. The summed E-state index contributed by atoms with van der Waals surface area (Å²) in [5, 5.41) is 8.13. The summed E-state index contributed by atoms with van der Waals surface area (Å²) in [4.78, 5) is 30.7. The second-order valence-electron chi connectivity index (χ2n) is 7.55. The summed E-state index contributed by atoms with van der Waals surface area (Å²) in [5.41, 5.74) is 1.45. The Balaban J connectivity index is 1.47. The van der Waals surface area contributed by atoms with Gasteiger partial charge < -0.3 is 10.2 Å². The van der Waals surface area contributed by atoms with Gasteiger partial charge in [0.25, 0.3) is 5.91 Å². The van der Waals surface area contributed by atoms with E-state index in [4.69, 9.17) is 0 Å². The fraction of sp³-hybridized carbons (Fsp3) is 0.273. The van der Waals surface area contributed by atoms with Gasteiger partial charge in [-0.05, 0) is 29.2 Å². The van der Waals surface area contributed by atoms with Crippen LogP contribution in [0.4, 0.5) is 13.2 Å². The molecule has 1 atom stereocenters. The quantitative estimate of drug-likeness (QED) is 0.649. The largest absolute Gasteiger partial charge is 0.432 e. The first-order valence-corrected chi connectivity index (χ1v) is 10.00. The first-order valence-electron chi connectivity index (χ1n) is 10.00. The van der Waals surface area contributed by atoms with E-state index in [1.807, 2.05) is 41.5 Å².